The first-order valence-electron chi connectivity index (χ1n) is 12.6. The van der Waals surface area contributed by atoms with Crippen molar-refractivity contribution in [2.45, 2.75) is 52.2 Å². The van der Waals surface area contributed by atoms with Gasteiger partial charge in [-0.25, -0.2) is 14.8 Å². The molecular weight excluding hydrogens is 588 g/mol. The molecule has 2 aliphatic heterocycles. The summed E-state index contributed by atoms with van der Waals surface area (Å²) in [4.78, 5) is 48.8. The van der Waals surface area contributed by atoms with Crippen LogP contribution >= 0.6 is 27.7 Å². The number of carbonyl (C=O) groups is 3. The number of hydrogen-bond acceptors (Lipinski definition) is 9. The zero-order valence-electron chi connectivity index (χ0n) is 22.3. The summed E-state index contributed by atoms with van der Waals surface area (Å²) in [6, 6.07) is 7.18. The van der Waals surface area contributed by atoms with E-state index < -0.39 is 5.60 Å². The molecule has 2 saturated heterocycles. The summed E-state index contributed by atoms with van der Waals surface area (Å²) in [7, 11) is 0. The predicted molar refractivity (Wildman–Crippen MR) is 151 cm³/mol. The first-order chi connectivity index (χ1) is 18.5. The molecule has 0 unspecified atom stereocenters. The summed E-state index contributed by atoms with van der Waals surface area (Å²) >= 11 is 4.19. The molecule has 4 rings (SSSR count). The van der Waals surface area contributed by atoms with Gasteiger partial charge in [0.05, 0.1) is 10.5 Å². The number of halogens is 1. The van der Waals surface area contributed by atoms with Crippen molar-refractivity contribution in [3.63, 3.8) is 0 Å². The first-order valence-corrected chi connectivity index (χ1v) is 14.5. The predicted octanol–water partition coefficient (Wildman–Crippen LogP) is 5.79. The summed E-state index contributed by atoms with van der Waals surface area (Å²) < 4.78 is 17.7. The Labute approximate surface area is 240 Å². The Kier molecular flexibility index (Phi) is 9.16. The highest BCUT2D eigenvalue weighted by molar-refractivity contribution is 9.09. The largest absolute Gasteiger partial charge is 0.474 e. The Morgan fingerprint density at radius 1 is 1.18 bits per heavy atom. The maximum Gasteiger partial charge on any atom is 0.410 e. The molecule has 0 atom stereocenters. The van der Waals surface area contributed by atoms with Crippen molar-refractivity contribution in [2.24, 2.45) is 0 Å². The number of carbonyl (C=O) groups excluding carboxylic acids is 3. The number of nitrogens with zero attached hydrogens (tertiary/aromatic N) is 4. The van der Waals surface area contributed by atoms with E-state index in [1.807, 2.05) is 33.8 Å². The lowest BCUT2D eigenvalue weighted by Crippen LogP contribution is -2.44. The molecule has 3 heterocycles. The molecule has 0 radical (unpaired) electrons. The number of hydrogen-bond donors (Lipinski definition) is 0. The number of benzene rings is 1. The number of ether oxygens (including phenoxy) is 3. The third kappa shape index (κ3) is 7.51. The van der Waals surface area contributed by atoms with Gasteiger partial charge >= 0.3 is 6.09 Å². The molecule has 2 fully saturated rings. The van der Waals surface area contributed by atoms with Crippen LogP contribution in [0.2, 0.25) is 0 Å². The van der Waals surface area contributed by atoms with Crippen LogP contribution in [-0.2, 0) is 9.53 Å². The maximum atomic E-state index is 12.5. The topological polar surface area (TPSA) is 111 Å². The van der Waals surface area contributed by atoms with Gasteiger partial charge < -0.3 is 19.1 Å². The Morgan fingerprint density at radius 2 is 1.90 bits per heavy atom. The van der Waals surface area contributed by atoms with Crippen LogP contribution in [0, 0.1) is 6.92 Å². The van der Waals surface area contributed by atoms with Crippen LogP contribution in [0.5, 0.6) is 17.5 Å². The molecule has 0 N–H and O–H groups in total. The van der Waals surface area contributed by atoms with E-state index >= 15 is 0 Å². The van der Waals surface area contributed by atoms with Gasteiger partial charge in [-0.2, -0.15) is 0 Å². The third-order valence-corrected chi connectivity index (χ3v) is 7.18. The van der Waals surface area contributed by atoms with Crippen LogP contribution < -0.4 is 9.47 Å². The number of imide groups is 1. The van der Waals surface area contributed by atoms with Crippen molar-refractivity contribution in [1.82, 2.24) is 19.8 Å². The van der Waals surface area contributed by atoms with Gasteiger partial charge in [-0.05, 0) is 63.2 Å². The fourth-order valence-electron chi connectivity index (χ4n) is 3.99. The van der Waals surface area contributed by atoms with E-state index in [1.165, 1.54) is 11.2 Å². The minimum atomic E-state index is -0.532. The van der Waals surface area contributed by atoms with E-state index in [1.54, 1.807) is 29.2 Å². The van der Waals surface area contributed by atoms with E-state index in [0.29, 0.717) is 65.8 Å². The third-order valence-electron chi connectivity index (χ3n) is 5.92. The molecule has 39 heavy (non-hydrogen) atoms. The normalized spacial score (nSPS) is 17.6. The summed E-state index contributed by atoms with van der Waals surface area (Å²) in [6.07, 6.45) is 3.96. The lowest BCUT2D eigenvalue weighted by atomic mass is 10.1. The van der Waals surface area contributed by atoms with E-state index in [4.69, 9.17) is 14.2 Å². The van der Waals surface area contributed by atoms with Gasteiger partial charge in [-0.15, -0.1) is 0 Å². The highest BCUT2D eigenvalue weighted by Crippen LogP contribution is 2.34. The Balaban J connectivity index is 1.39. The molecule has 0 spiro atoms. The minimum Gasteiger partial charge on any atom is -0.474 e. The van der Waals surface area contributed by atoms with E-state index in [2.05, 4.69) is 25.9 Å². The molecule has 2 aliphatic rings. The smallest absolute Gasteiger partial charge is 0.410 e. The molecule has 1 aromatic heterocycles. The summed E-state index contributed by atoms with van der Waals surface area (Å²) in [5, 5.41) is 0.245. The highest BCUT2D eigenvalue weighted by Gasteiger charge is 2.34. The van der Waals surface area contributed by atoms with Gasteiger partial charge in [0.2, 0.25) is 11.8 Å². The van der Waals surface area contributed by atoms with Gasteiger partial charge in [-0.3, -0.25) is 14.5 Å². The monoisotopic (exact) mass is 618 g/mol. The second kappa shape index (κ2) is 12.4. The van der Waals surface area contributed by atoms with Gasteiger partial charge in [0, 0.05) is 37.8 Å². The second-order valence-electron chi connectivity index (χ2n) is 10.1. The lowest BCUT2D eigenvalue weighted by molar-refractivity contribution is -0.122. The van der Waals surface area contributed by atoms with Crippen molar-refractivity contribution in [2.75, 3.05) is 25.0 Å². The summed E-state index contributed by atoms with van der Waals surface area (Å²) in [5.74, 6) is 0.983. The second-order valence-corrected chi connectivity index (χ2v) is 11.9. The van der Waals surface area contributed by atoms with Crippen molar-refractivity contribution in [1.29, 1.82) is 0 Å². The lowest BCUT2D eigenvalue weighted by Gasteiger charge is -2.33. The number of alkyl halides is 1. The Hall–Kier alpha value is -3.12. The van der Waals surface area contributed by atoms with Gasteiger partial charge in [0.15, 0.2) is 0 Å². The number of piperidine rings is 1. The molecule has 2 aromatic rings. The van der Waals surface area contributed by atoms with Gasteiger partial charge in [0.25, 0.3) is 11.1 Å². The molecule has 10 nitrogen and oxygen atoms in total. The van der Waals surface area contributed by atoms with Gasteiger partial charge in [-0.1, -0.05) is 28.1 Å². The standard InChI is InChI=1S/C27H31BrN4O6S/c1-17-22(36-19-8-11-31(12-9-19)25(34)38-27(2,3)4)29-16-30-23(17)37-20-7-5-6-18(14-20)15-21-24(33)32(13-10-28)26(35)39-21/h5-7,14-16,19H,8-13H2,1-4H3/b21-15-. The fraction of sp³-hybridized carbons (Fsp3) is 0.444. The fourth-order valence-corrected chi connectivity index (χ4v) is 5.21. The average molecular weight is 620 g/mol. The van der Waals surface area contributed by atoms with Crippen LogP contribution in [0.3, 0.4) is 0 Å². The van der Waals surface area contributed by atoms with Crippen LogP contribution in [0.15, 0.2) is 35.5 Å². The summed E-state index contributed by atoms with van der Waals surface area (Å²) in [6.45, 7) is 8.77. The molecule has 0 aliphatic carbocycles. The average Bonchev–Trinajstić information content (AvgIpc) is 3.13. The van der Waals surface area contributed by atoms with Crippen LogP contribution in [-0.4, -0.2) is 73.7 Å². The van der Waals surface area contributed by atoms with Crippen molar-refractivity contribution >= 4 is 51.0 Å². The van der Waals surface area contributed by atoms with E-state index in [9.17, 15) is 14.4 Å². The van der Waals surface area contributed by atoms with Crippen molar-refractivity contribution < 1.29 is 28.6 Å². The van der Waals surface area contributed by atoms with Crippen LogP contribution in [0.25, 0.3) is 6.08 Å². The zero-order chi connectivity index (χ0) is 28.2. The molecule has 0 bridgehead atoms. The van der Waals surface area contributed by atoms with Crippen molar-refractivity contribution in [3.05, 3.63) is 46.6 Å². The Bertz CT molecular complexity index is 1270. The van der Waals surface area contributed by atoms with Crippen LogP contribution in [0.1, 0.15) is 44.7 Å². The molecule has 3 amide bonds. The summed E-state index contributed by atoms with van der Waals surface area (Å²) in [5.41, 5.74) is 0.834. The molecule has 1 aromatic carbocycles. The van der Waals surface area contributed by atoms with Gasteiger partial charge in [0.1, 0.15) is 23.8 Å². The SMILES string of the molecule is Cc1c(Oc2cccc(/C=C3\SC(=O)N(CCBr)C3=O)c2)ncnc1OC1CCN(C(=O)OC(C)(C)C)CC1. The molecule has 208 valence electrons. The van der Waals surface area contributed by atoms with E-state index in [-0.39, 0.29) is 23.3 Å². The van der Waals surface area contributed by atoms with E-state index in [0.717, 1.165) is 17.3 Å². The maximum absolute atomic E-state index is 12.5. The first kappa shape index (κ1) is 28.9. The molecule has 12 heteroatoms. The number of likely N-dealkylation sites (tertiary alicyclic amines) is 1. The molecular formula is C27H31BrN4O6S. The quantitative estimate of drug-likeness (QED) is 0.281. The minimum absolute atomic E-state index is 0.103. The molecule has 0 saturated carbocycles. The van der Waals surface area contributed by atoms with Crippen molar-refractivity contribution in [3.8, 4) is 17.5 Å². The number of aromatic nitrogens is 2. The van der Waals surface area contributed by atoms with Crippen LogP contribution in [0.4, 0.5) is 9.59 Å². The number of rotatable bonds is 7. The highest BCUT2D eigenvalue weighted by atomic mass is 79.9. The Morgan fingerprint density at radius 3 is 2.59 bits per heavy atom. The zero-order valence-corrected chi connectivity index (χ0v) is 24.7. The number of amides is 3. The number of thioether (sulfide) groups is 1.